The summed E-state index contributed by atoms with van der Waals surface area (Å²) >= 11 is 0. The molecule has 1 aromatic carbocycles. The Kier molecular flexibility index (Phi) is 3.71. The van der Waals surface area contributed by atoms with E-state index in [1.54, 1.807) is 30.9 Å². The van der Waals surface area contributed by atoms with Crippen LogP contribution in [0, 0.1) is 6.92 Å². The molecule has 5 heteroatoms. The van der Waals surface area contributed by atoms with Crippen LogP contribution in [-0.2, 0) is 16.0 Å². The lowest BCUT2D eigenvalue weighted by Gasteiger charge is -2.21. The van der Waals surface area contributed by atoms with Gasteiger partial charge in [0.25, 0.3) is 5.91 Å². The molecule has 2 heterocycles. The lowest BCUT2D eigenvalue weighted by atomic mass is 10.2. The summed E-state index contributed by atoms with van der Waals surface area (Å²) in [7, 11) is 0. The SMILES string of the molecule is Cc1ccc(C(=O)OC(C)C(=O)N2CCc3ccccc32)o1. The number of aryl methyl sites for hydroxylation is 1. The summed E-state index contributed by atoms with van der Waals surface area (Å²) in [5, 5.41) is 0. The molecule has 1 amide bonds. The predicted octanol–water partition coefficient (Wildman–Crippen LogP) is 2.72. The highest BCUT2D eigenvalue weighted by Crippen LogP contribution is 2.28. The van der Waals surface area contributed by atoms with Crippen molar-refractivity contribution < 1.29 is 18.7 Å². The fourth-order valence-electron chi connectivity index (χ4n) is 2.60. The number of benzene rings is 1. The summed E-state index contributed by atoms with van der Waals surface area (Å²) in [6, 6.07) is 11.0. The van der Waals surface area contributed by atoms with Crippen LogP contribution in [0.4, 0.5) is 5.69 Å². The zero-order valence-electron chi connectivity index (χ0n) is 12.5. The quantitative estimate of drug-likeness (QED) is 0.818. The van der Waals surface area contributed by atoms with Gasteiger partial charge in [-0.05, 0) is 44.0 Å². The fraction of sp³-hybridized carbons (Fsp3) is 0.294. The largest absolute Gasteiger partial charge is 0.454 e. The van der Waals surface area contributed by atoms with Crippen LogP contribution in [0.2, 0.25) is 0 Å². The van der Waals surface area contributed by atoms with Gasteiger partial charge in [-0.2, -0.15) is 0 Å². The van der Waals surface area contributed by atoms with E-state index >= 15 is 0 Å². The molecule has 0 radical (unpaired) electrons. The average molecular weight is 299 g/mol. The van der Waals surface area contributed by atoms with Crippen LogP contribution < -0.4 is 4.90 Å². The molecule has 0 saturated heterocycles. The lowest BCUT2D eigenvalue weighted by molar-refractivity contribution is -0.126. The van der Waals surface area contributed by atoms with Crippen molar-refractivity contribution in [3.8, 4) is 0 Å². The molecule has 0 fully saturated rings. The Labute approximate surface area is 128 Å². The summed E-state index contributed by atoms with van der Waals surface area (Å²) in [6.07, 6.45) is -0.0379. The van der Waals surface area contributed by atoms with Gasteiger partial charge in [-0.1, -0.05) is 18.2 Å². The monoisotopic (exact) mass is 299 g/mol. The van der Waals surface area contributed by atoms with Crippen molar-refractivity contribution in [3.63, 3.8) is 0 Å². The highest BCUT2D eigenvalue weighted by molar-refractivity contribution is 6.00. The molecule has 0 aliphatic carbocycles. The minimum absolute atomic E-state index is 0.110. The molecule has 0 saturated carbocycles. The first kappa shape index (κ1) is 14.4. The summed E-state index contributed by atoms with van der Waals surface area (Å²) < 4.78 is 10.4. The van der Waals surface area contributed by atoms with E-state index in [1.807, 2.05) is 24.3 Å². The number of furan rings is 1. The number of hydrogen-bond donors (Lipinski definition) is 0. The summed E-state index contributed by atoms with van der Waals surface area (Å²) in [5.74, 6) is -0.110. The summed E-state index contributed by atoms with van der Waals surface area (Å²) in [5.41, 5.74) is 2.03. The van der Waals surface area contributed by atoms with Gasteiger partial charge in [-0.25, -0.2) is 4.79 Å². The molecule has 22 heavy (non-hydrogen) atoms. The van der Waals surface area contributed by atoms with Crippen LogP contribution in [-0.4, -0.2) is 24.5 Å². The maximum atomic E-state index is 12.5. The minimum Gasteiger partial charge on any atom is -0.454 e. The molecule has 1 aliphatic heterocycles. The first-order chi connectivity index (χ1) is 10.6. The fourth-order valence-corrected chi connectivity index (χ4v) is 2.60. The smallest absolute Gasteiger partial charge is 0.375 e. The maximum absolute atomic E-state index is 12.5. The van der Waals surface area contributed by atoms with Crippen LogP contribution in [0.3, 0.4) is 0 Å². The zero-order chi connectivity index (χ0) is 15.7. The Morgan fingerprint density at radius 1 is 1.23 bits per heavy atom. The van der Waals surface area contributed by atoms with Crippen molar-refractivity contribution >= 4 is 17.6 Å². The second kappa shape index (κ2) is 5.67. The normalized spacial score (nSPS) is 14.5. The number of carbonyl (C=O) groups excluding carboxylic acids is 2. The number of hydrogen-bond acceptors (Lipinski definition) is 4. The van der Waals surface area contributed by atoms with Crippen LogP contribution >= 0.6 is 0 Å². The molecule has 1 atom stereocenters. The molecule has 2 aromatic rings. The third-order valence-electron chi connectivity index (χ3n) is 3.73. The molecule has 0 spiro atoms. The Morgan fingerprint density at radius 2 is 2.00 bits per heavy atom. The average Bonchev–Trinajstić information content (AvgIpc) is 3.12. The van der Waals surface area contributed by atoms with Crippen LogP contribution in [0.1, 0.15) is 28.8 Å². The molecule has 1 aromatic heterocycles. The second-order valence-corrected chi connectivity index (χ2v) is 5.33. The van der Waals surface area contributed by atoms with E-state index < -0.39 is 12.1 Å². The first-order valence-corrected chi connectivity index (χ1v) is 7.23. The number of amides is 1. The molecule has 5 nitrogen and oxygen atoms in total. The number of anilines is 1. The zero-order valence-corrected chi connectivity index (χ0v) is 12.5. The number of ether oxygens (including phenoxy) is 1. The minimum atomic E-state index is -0.857. The molecular weight excluding hydrogens is 282 g/mol. The van der Waals surface area contributed by atoms with Gasteiger partial charge in [-0.3, -0.25) is 4.79 Å². The van der Waals surface area contributed by atoms with Gasteiger partial charge in [0.05, 0.1) is 0 Å². The van der Waals surface area contributed by atoms with Crippen molar-refractivity contribution in [2.24, 2.45) is 0 Å². The number of esters is 1. The van der Waals surface area contributed by atoms with Gasteiger partial charge in [0.15, 0.2) is 6.10 Å². The number of fused-ring (bicyclic) bond motifs is 1. The third kappa shape index (κ3) is 2.62. The molecule has 1 aliphatic rings. The number of para-hydroxylation sites is 1. The van der Waals surface area contributed by atoms with Crippen LogP contribution in [0.5, 0.6) is 0 Å². The van der Waals surface area contributed by atoms with E-state index in [2.05, 4.69) is 0 Å². The maximum Gasteiger partial charge on any atom is 0.375 e. The van der Waals surface area contributed by atoms with Crippen molar-refractivity contribution in [2.45, 2.75) is 26.4 Å². The number of nitrogens with zero attached hydrogens (tertiary/aromatic N) is 1. The first-order valence-electron chi connectivity index (χ1n) is 7.23. The van der Waals surface area contributed by atoms with Gasteiger partial charge < -0.3 is 14.1 Å². The Balaban J connectivity index is 1.69. The van der Waals surface area contributed by atoms with Gasteiger partial charge >= 0.3 is 5.97 Å². The second-order valence-electron chi connectivity index (χ2n) is 5.33. The Bertz CT molecular complexity index is 719. The number of rotatable bonds is 3. The van der Waals surface area contributed by atoms with E-state index in [9.17, 15) is 9.59 Å². The van der Waals surface area contributed by atoms with Gasteiger partial charge in [0.2, 0.25) is 5.76 Å². The standard InChI is InChI=1S/C17H17NO4/c1-11-7-8-15(21-11)17(20)22-12(2)16(19)18-10-9-13-5-3-4-6-14(13)18/h3-8,12H,9-10H2,1-2H3. The van der Waals surface area contributed by atoms with Crippen LogP contribution in [0.15, 0.2) is 40.8 Å². The molecule has 0 bridgehead atoms. The van der Waals surface area contributed by atoms with E-state index in [1.165, 1.54) is 0 Å². The van der Waals surface area contributed by atoms with Gasteiger partial charge in [-0.15, -0.1) is 0 Å². The topological polar surface area (TPSA) is 59.8 Å². The predicted molar refractivity (Wildman–Crippen MR) is 80.8 cm³/mol. The van der Waals surface area contributed by atoms with E-state index in [0.717, 1.165) is 17.7 Å². The Morgan fingerprint density at radius 3 is 2.73 bits per heavy atom. The third-order valence-corrected chi connectivity index (χ3v) is 3.73. The number of carbonyl (C=O) groups is 2. The molecule has 1 unspecified atom stereocenters. The molecular formula is C17H17NO4. The van der Waals surface area contributed by atoms with Gasteiger partial charge in [0, 0.05) is 12.2 Å². The highest BCUT2D eigenvalue weighted by atomic mass is 16.6. The summed E-state index contributed by atoms with van der Waals surface area (Å²) in [4.78, 5) is 26.1. The van der Waals surface area contributed by atoms with E-state index in [-0.39, 0.29) is 11.7 Å². The molecule has 114 valence electrons. The lowest BCUT2D eigenvalue weighted by Crippen LogP contribution is -2.39. The molecule has 3 rings (SSSR count). The van der Waals surface area contributed by atoms with E-state index in [0.29, 0.717) is 12.3 Å². The van der Waals surface area contributed by atoms with Crippen molar-refractivity contribution in [1.82, 2.24) is 0 Å². The highest BCUT2D eigenvalue weighted by Gasteiger charge is 2.30. The summed E-state index contributed by atoms with van der Waals surface area (Å²) in [6.45, 7) is 3.93. The van der Waals surface area contributed by atoms with Gasteiger partial charge in [0.1, 0.15) is 5.76 Å². The van der Waals surface area contributed by atoms with Crippen molar-refractivity contribution in [2.75, 3.05) is 11.4 Å². The van der Waals surface area contributed by atoms with Crippen LogP contribution in [0.25, 0.3) is 0 Å². The van der Waals surface area contributed by atoms with E-state index in [4.69, 9.17) is 9.15 Å². The van der Waals surface area contributed by atoms with Crippen molar-refractivity contribution in [3.05, 3.63) is 53.5 Å². The Hall–Kier alpha value is -2.56. The molecule has 0 N–H and O–H groups in total. The van der Waals surface area contributed by atoms with Crippen molar-refractivity contribution in [1.29, 1.82) is 0 Å².